The summed E-state index contributed by atoms with van der Waals surface area (Å²) < 4.78 is 5.50. The molecule has 0 bridgehead atoms. The Morgan fingerprint density at radius 2 is 1.62 bits per heavy atom. The number of amides is 5. The third kappa shape index (κ3) is 3.80. The molecule has 3 saturated heterocycles. The van der Waals surface area contributed by atoms with Crippen LogP contribution in [0, 0.1) is 11.8 Å². The molecule has 180 valence electrons. The third-order valence-corrected chi connectivity index (χ3v) is 6.93. The van der Waals surface area contributed by atoms with Gasteiger partial charge in [-0.3, -0.25) is 29.4 Å². The van der Waals surface area contributed by atoms with Crippen LogP contribution in [0.1, 0.15) is 54.3 Å². The van der Waals surface area contributed by atoms with E-state index in [4.69, 9.17) is 4.74 Å². The summed E-state index contributed by atoms with van der Waals surface area (Å²) in [5.74, 6) is -1.42. The van der Waals surface area contributed by atoms with Crippen LogP contribution in [0.3, 0.4) is 0 Å². The summed E-state index contributed by atoms with van der Waals surface area (Å²) in [7, 11) is 0. The molecule has 10 heteroatoms. The Kier molecular flexibility index (Phi) is 5.14. The maximum atomic E-state index is 13.1. The van der Waals surface area contributed by atoms with Crippen LogP contribution in [0.15, 0.2) is 18.2 Å². The van der Waals surface area contributed by atoms with E-state index in [0.717, 1.165) is 23.7 Å². The van der Waals surface area contributed by atoms with E-state index in [-0.39, 0.29) is 30.1 Å². The first-order valence-electron chi connectivity index (χ1n) is 11.6. The van der Waals surface area contributed by atoms with E-state index in [1.807, 2.05) is 26.8 Å². The smallest absolute Gasteiger partial charge is 0.410 e. The normalized spacial score (nSPS) is 26.7. The lowest BCUT2D eigenvalue weighted by molar-refractivity contribution is -0.136. The zero-order chi connectivity index (χ0) is 24.4. The van der Waals surface area contributed by atoms with Crippen molar-refractivity contribution >= 4 is 35.4 Å². The number of rotatable bonds is 2. The summed E-state index contributed by atoms with van der Waals surface area (Å²) in [5, 5.41) is 2.21. The number of benzene rings is 1. The molecule has 1 unspecified atom stereocenters. The second-order valence-electron chi connectivity index (χ2n) is 10.5. The number of ether oxygens (including phenoxy) is 1. The summed E-state index contributed by atoms with van der Waals surface area (Å²) in [6, 6.07) is 4.20. The van der Waals surface area contributed by atoms with Crippen molar-refractivity contribution in [3.63, 3.8) is 0 Å². The number of carbonyl (C=O) groups excluding carboxylic acids is 5. The molecule has 0 aliphatic carbocycles. The molecule has 3 fully saturated rings. The summed E-state index contributed by atoms with van der Waals surface area (Å²) in [6.45, 7) is 8.28. The molecule has 0 saturated carbocycles. The third-order valence-electron chi connectivity index (χ3n) is 6.93. The topological polar surface area (TPSA) is 116 Å². The van der Waals surface area contributed by atoms with Crippen LogP contribution in [0.25, 0.3) is 0 Å². The highest BCUT2D eigenvalue weighted by Crippen LogP contribution is 2.37. The highest BCUT2D eigenvalue weighted by atomic mass is 16.6. The van der Waals surface area contributed by atoms with E-state index in [0.29, 0.717) is 24.9 Å². The number of carbonyl (C=O) groups is 5. The average Bonchev–Trinajstić information content (AvgIpc) is 3.39. The lowest BCUT2D eigenvalue weighted by Gasteiger charge is -2.27. The van der Waals surface area contributed by atoms with E-state index in [2.05, 4.69) is 10.2 Å². The summed E-state index contributed by atoms with van der Waals surface area (Å²) in [6.07, 6.45) is -0.0675. The molecule has 1 aromatic carbocycles. The summed E-state index contributed by atoms with van der Waals surface area (Å²) in [5.41, 5.74) is 0.855. The zero-order valence-electron chi connectivity index (χ0n) is 19.5. The molecule has 0 aromatic heterocycles. The predicted molar refractivity (Wildman–Crippen MR) is 120 cm³/mol. The van der Waals surface area contributed by atoms with Crippen LogP contribution in [0.5, 0.6) is 0 Å². The molecule has 3 atom stereocenters. The quantitative estimate of drug-likeness (QED) is 0.652. The molecule has 0 spiro atoms. The number of hydrogen-bond donors (Lipinski definition) is 1. The van der Waals surface area contributed by atoms with Gasteiger partial charge < -0.3 is 14.5 Å². The van der Waals surface area contributed by atoms with Crippen molar-refractivity contribution in [2.45, 2.75) is 45.3 Å². The number of imide groups is 2. The number of nitrogens with zero attached hydrogens (tertiary/aromatic N) is 3. The van der Waals surface area contributed by atoms with Gasteiger partial charge in [-0.15, -0.1) is 0 Å². The Hall–Kier alpha value is -3.43. The molecule has 4 heterocycles. The monoisotopic (exact) mass is 468 g/mol. The first-order chi connectivity index (χ1) is 16.0. The Morgan fingerprint density at radius 3 is 2.24 bits per heavy atom. The number of anilines is 1. The van der Waals surface area contributed by atoms with Crippen LogP contribution in [0.4, 0.5) is 10.5 Å². The lowest BCUT2D eigenvalue weighted by Crippen LogP contribution is -2.54. The van der Waals surface area contributed by atoms with E-state index < -0.39 is 35.3 Å². The van der Waals surface area contributed by atoms with Gasteiger partial charge in [-0.2, -0.15) is 0 Å². The summed E-state index contributed by atoms with van der Waals surface area (Å²) in [4.78, 5) is 67.0. The van der Waals surface area contributed by atoms with Crippen LogP contribution in [-0.2, 0) is 14.3 Å². The standard InChI is InChI=1S/C24H28N4O6/c1-24(2,3)34-23(33)27-11-13-9-26(10-14(13)12-27)15-4-5-16-17(8-15)22(32)28(21(16)31)18-6-7-19(29)25-20(18)30/h4-5,8,13-14,18H,6-7,9-12H2,1-3H3,(H,25,29,30)/t13-,14+,18?. The number of nitrogens with one attached hydrogen (secondary N) is 1. The van der Waals surface area contributed by atoms with Crippen LogP contribution < -0.4 is 10.2 Å². The first kappa shape index (κ1) is 22.4. The number of likely N-dealkylation sites (tertiary alicyclic amines) is 1. The molecule has 5 amide bonds. The average molecular weight is 469 g/mol. The molecule has 4 aliphatic heterocycles. The molecule has 1 N–H and O–H groups in total. The van der Waals surface area contributed by atoms with E-state index >= 15 is 0 Å². The second kappa shape index (κ2) is 7.82. The minimum atomic E-state index is -0.974. The van der Waals surface area contributed by atoms with Crippen molar-refractivity contribution in [3.8, 4) is 0 Å². The molecular weight excluding hydrogens is 440 g/mol. The molecule has 1 aromatic rings. The molecule has 34 heavy (non-hydrogen) atoms. The maximum absolute atomic E-state index is 13.1. The minimum absolute atomic E-state index is 0.0892. The van der Waals surface area contributed by atoms with Gasteiger partial charge >= 0.3 is 6.09 Å². The van der Waals surface area contributed by atoms with Crippen molar-refractivity contribution in [2.24, 2.45) is 11.8 Å². The molecule has 0 radical (unpaired) electrons. The van der Waals surface area contributed by atoms with Crippen molar-refractivity contribution in [3.05, 3.63) is 29.3 Å². The molecule has 4 aliphatic rings. The van der Waals surface area contributed by atoms with Crippen molar-refractivity contribution in [1.29, 1.82) is 0 Å². The van der Waals surface area contributed by atoms with Gasteiger partial charge in [-0.1, -0.05) is 0 Å². The maximum Gasteiger partial charge on any atom is 0.410 e. The van der Waals surface area contributed by atoms with Gasteiger partial charge in [0.1, 0.15) is 11.6 Å². The Balaban J connectivity index is 1.28. The number of hydrogen-bond acceptors (Lipinski definition) is 7. The van der Waals surface area contributed by atoms with Crippen molar-refractivity contribution in [2.75, 3.05) is 31.1 Å². The fourth-order valence-electron chi connectivity index (χ4n) is 5.34. The fraction of sp³-hybridized carbons (Fsp3) is 0.542. The van der Waals surface area contributed by atoms with E-state index in [1.54, 1.807) is 17.0 Å². The molecule has 10 nitrogen and oxygen atoms in total. The van der Waals surface area contributed by atoms with Gasteiger partial charge in [0.2, 0.25) is 11.8 Å². The van der Waals surface area contributed by atoms with E-state index in [9.17, 15) is 24.0 Å². The SMILES string of the molecule is CC(C)(C)OC(=O)N1C[C@@H]2CN(c3ccc4c(c3)C(=O)N(C3CCC(=O)NC3=O)C4=O)C[C@@H]2C1. The Labute approximate surface area is 197 Å². The van der Waals surface area contributed by atoms with Crippen molar-refractivity contribution < 1.29 is 28.7 Å². The molecular formula is C24H28N4O6. The van der Waals surface area contributed by atoms with Gasteiger partial charge in [0.25, 0.3) is 11.8 Å². The highest BCUT2D eigenvalue weighted by Gasteiger charge is 2.46. The minimum Gasteiger partial charge on any atom is -0.444 e. The van der Waals surface area contributed by atoms with Crippen LogP contribution in [0.2, 0.25) is 0 Å². The van der Waals surface area contributed by atoms with Crippen LogP contribution >= 0.6 is 0 Å². The van der Waals surface area contributed by atoms with E-state index in [1.165, 1.54) is 0 Å². The second-order valence-corrected chi connectivity index (χ2v) is 10.5. The van der Waals surface area contributed by atoms with Gasteiger partial charge in [0.05, 0.1) is 11.1 Å². The molecule has 5 rings (SSSR count). The summed E-state index contributed by atoms with van der Waals surface area (Å²) >= 11 is 0. The van der Waals surface area contributed by atoms with Gasteiger partial charge in [0.15, 0.2) is 0 Å². The highest BCUT2D eigenvalue weighted by molar-refractivity contribution is 6.23. The fourth-order valence-corrected chi connectivity index (χ4v) is 5.34. The predicted octanol–water partition coefficient (Wildman–Crippen LogP) is 1.39. The van der Waals surface area contributed by atoms with Gasteiger partial charge in [-0.25, -0.2) is 4.79 Å². The first-order valence-corrected chi connectivity index (χ1v) is 11.6. The largest absolute Gasteiger partial charge is 0.444 e. The van der Waals surface area contributed by atoms with Gasteiger partial charge in [-0.05, 0) is 45.4 Å². The van der Waals surface area contributed by atoms with Crippen molar-refractivity contribution in [1.82, 2.24) is 15.1 Å². The Bertz CT molecular complexity index is 1100. The lowest BCUT2D eigenvalue weighted by atomic mass is 10.0. The van der Waals surface area contributed by atoms with Gasteiger partial charge in [0, 0.05) is 50.1 Å². The number of piperidine rings is 1. The number of fused-ring (bicyclic) bond motifs is 2. The zero-order valence-corrected chi connectivity index (χ0v) is 19.5. The Morgan fingerprint density at radius 1 is 0.971 bits per heavy atom. The van der Waals surface area contributed by atoms with Crippen LogP contribution in [-0.4, -0.2) is 77.3 Å².